The van der Waals surface area contributed by atoms with Crippen molar-refractivity contribution in [2.45, 2.75) is 13.0 Å². The normalized spacial score (nSPS) is 11.7. The highest BCUT2D eigenvalue weighted by molar-refractivity contribution is 5.89. The summed E-state index contributed by atoms with van der Waals surface area (Å²) < 4.78 is 1.71. The standard InChI is InChI=1S/C12H14N6O3/c1-8(11-16-13-7-17(11)2)14-12(19)15-9-3-5-10(6-4-9)18(20)21/h3-8H,1-2H3,(H2,14,15,19). The quantitative estimate of drug-likeness (QED) is 0.655. The Morgan fingerprint density at radius 1 is 1.38 bits per heavy atom. The van der Waals surface area contributed by atoms with Crippen molar-refractivity contribution in [3.63, 3.8) is 0 Å². The van der Waals surface area contributed by atoms with Crippen LogP contribution in [0, 0.1) is 10.1 Å². The van der Waals surface area contributed by atoms with Crippen LogP contribution in [0.1, 0.15) is 18.8 Å². The Morgan fingerprint density at radius 2 is 2.05 bits per heavy atom. The van der Waals surface area contributed by atoms with Crippen LogP contribution >= 0.6 is 0 Å². The van der Waals surface area contributed by atoms with Crippen molar-refractivity contribution >= 4 is 17.4 Å². The van der Waals surface area contributed by atoms with Gasteiger partial charge in [-0.05, 0) is 19.1 Å². The molecule has 1 unspecified atom stereocenters. The van der Waals surface area contributed by atoms with Crippen molar-refractivity contribution < 1.29 is 9.72 Å². The molecule has 2 aromatic rings. The molecule has 0 spiro atoms. The molecule has 0 aliphatic rings. The molecule has 2 N–H and O–H groups in total. The molecule has 0 radical (unpaired) electrons. The number of nitrogens with one attached hydrogen (secondary N) is 2. The third kappa shape index (κ3) is 3.53. The minimum absolute atomic E-state index is 0.0339. The van der Waals surface area contributed by atoms with E-state index >= 15 is 0 Å². The van der Waals surface area contributed by atoms with Crippen LogP contribution in [0.25, 0.3) is 0 Å². The van der Waals surface area contributed by atoms with Gasteiger partial charge in [0.05, 0.1) is 11.0 Å². The lowest BCUT2D eigenvalue weighted by Gasteiger charge is -2.13. The predicted molar refractivity (Wildman–Crippen MR) is 74.7 cm³/mol. The third-order valence-electron chi connectivity index (χ3n) is 2.82. The van der Waals surface area contributed by atoms with Crippen molar-refractivity contribution in [3.05, 3.63) is 46.5 Å². The van der Waals surface area contributed by atoms with Gasteiger partial charge in [0.2, 0.25) is 0 Å². The Morgan fingerprint density at radius 3 is 2.57 bits per heavy atom. The average molecular weight is 290 g/mol. The first-order valence-corrected chi connectivity index (χ1v) is 6.13. The number of aromatic nitrogens is 3. The van der Waals surface area contributed by atoms with Crippen LogP contribution in [0.15, 0.2) is 30.6 Å². The monoisotopic (exact) mass is 290 g/mol. The molecule has 1 atom stereocenters. The number of non-ortho nitro benzene ring substituents is 1. The number of rotatable bonds is 4. The zero-order valence-corrected chi connectivity index (χ0v) is 11.5. The van der Waals surface area contributed by atoms with E-state index in [0.29, 0.717) is 11.5 Å². The second-order valence-corrected chi connectivity index (χ2v) is 4.42. The molecule has 9 heteroatoms. The van der Waals surface area contributed by atoms with Crippen LogP contribution < -0.4 is 10.6 Å². The number of hydrogen-bond acceptors (Lipinski definition) is 5. The van der Waals surface area contributed by atoms with Crippen molar-refractivity contribution in [2.75, 3.05) is 5.32 Å². The number of carbonyl (C=O) groups is 1. The van der Waals surface area contributed by atoms with Crippen LogP contribution in [0.4, 0.5) is 16.2 Å². The Balaban J connectivity index is 1.95. The van der Waals surface area contributed by atoms with Gasteiger partial charge in [-0.2, -0.15) is 0 Å². The maximum absolute atomic E-state index is 11.8. The second kappa shape index (κ2) is 5.99. The summed E-state index contributed by atoms with van der Waals surface area (Å²) in [4.78, 5) is 21.9. The number of benzene rings is 1. The number of nitro benzene ring substituents is 1. The number of nitro groups is 1. The molecule has 110 valence electrons. The topological polar surface area (TPSA) is 115 Å². The molecule has 0 fully saturated rings. The largest absolute Gasteiger partial charge is 0.328 e. The molecule has 1 aromatic carbocycles. The van der Waals surface area contributed by atoms with Crippen molar-refractivity contribution in [2.24, 2.45) is 7.05 Å². The highest BCUT2D eigenvalue weighted by atomic mass is 16.6. The van der Waals surface area contributed by atoms with Crippen LogP contribution in [0.5, 0.6) is 0 Å². The van der Waals surface area contributed by atoms with E-state index in [-0.39, 0.29) is 11.7 Å². The summed E-state index contributed by atoms with van der Waals surface area (Å²) in [5, 5.41) is 23.5. The molecule has 0 aliphatic carbocycles. The fourth-order valence-corrected chi connectivity index (χ4v) is 1.78. The zero-order chi connectivity index (χ0) is 15.4. The molecule has 2 rings (SSSR count). The molecule has 0 saturated heterocycles. The van der Waals surface area contributed by atoms with Gasteiger partial charge >= 0.3 is 6.03 Å². The number of amides is 2. The maximum atomic E-state index is 11.8. The van der Waals surface area contributed by atoms with Gasteiger partial charge in [-0.3, -0.25) is 10.1 Å². The Kier molecular flexibility index (Phi) is 4.12. The summed E-state index contributed by atoms with van der Waals surface area (Å²) in [6, 6.07) is 4.81. The van der Waals surface area contributed by atoms with Gasteiger partial charge in [0.25, 0.3) is 5.69 Å². The smallest absolute Gasteiger partial charge is 0.319 e. The van der Waals surface area contributed by atoms with E-state index in [1.165, 1.54) is 24.3 Å². The average Bonchev–Trinajstić information content (AvgIpc) is 2.85. The molecule has 21 heavy (non-hydrogen) atoms. The van der Waals surface area contributed by atoms with Gasteiger partial charge in [0, 0.05) is 24.9 Å². The van der Waals surface area contributed by atoms with Crippen molar-refractivity contribution in [1.82, 2.24) is 20.1 Å². The lowest BCUT2D eigenvalue weighted by Crippen LogP contribution is -2.32. The van der Waals surface area contributed by atoms with E-state index in [2.05, 4.69) is 20.8 Å². The SMILES string of the molecule is CC(NC(=O)Nc1ccc([N+](=O)[O-])cc1)c1nncn1C. The molecular formula is C12H14N6O3. The molecule has 2 amide bonds. The second-order valence-electron chi connectivity index (χ2n) is 4.42. The molecule has 9 nitrogen and oxygen atoms in total. The number of hydrogen-bond donors (Lipinski definition) is 2. The van der Waals surface area contributed by atoms with E-state index < -0.39 is 11.0 Å². The van der Waals surface area contributed by atoms with Crippen LogP contribution in [0.2, 0.25) is 0 Å². The Labute approximate surface area is 120 Å². The van der Waals surface area contributed by atoms with Gasteiger partial charge in [0.15, 0.2) is 5.82 Å². The first kappa shape index (κ1) is 14.4. The van der Waals surface area contributed by atoms with Crippen LogP contribution in [-0.2, 0) is 7.05 Å². The van der Waals surface area contributed by atoms with E-state index in [1.807, 2.05) is 0 Å². The number of aryl methyl sites for hydroxylation is 1. The summed E-state index contributed by atoms with van der Waals surface area (Å²) in [5.41, 5.74) is 0.427. The summed E-state index contributed by atoms with van der Waals surface area (Å²) >= 11 is 0. The first-order valence-electron chi connectivity index (χ1n) is 6.13. The zero-order valence-electron chi connectivity index (χ0n) is 11.5. The lowest BCUT2D eigenvalue weighted by molar-refractivity contribution is -0.384. The molecular weight excluding hydrogens is 276 g/mol. The van der Waals surface area contributed by atoms with Gasteiger partial charge in [-0.25, -0.2) is 4.79 Å². The molecule has 1 aromatic heterocycles. The number of nitrogens with zero attached hydrogens (tertiary/aromatic N) is 4. The summed E-state index contributed by atoms with van der Waals surface area (Å²) in [5.74, 6) is 0.619. The third-order valence-corrected chi connectivity index (χ3v) is 2.82. The summed E-state index contributed by atoms with van der Waals surface area (Å²) in [6.45, 7) is 1.78. The lowest BCUT2D eigenvalue weighted by atomic mass is 10.3. The van der Waals surface area contributed by atoms with E-state index in [1.54, 1.807) is 24.9 Å². The van der Waals surface area contributed by atoms with E-state index in [9.17, 15) is 14.9 Å². The summed E-state index contributed by atoms with van der Waals surface area (Å²) in [7, 11) is 1.78. The van der Waals surface area contributed by atoms with Crippen LogP contribution in [-0.4, -0.2) is 25.7 Å². The molecule has 0 bridgehead atoms. The maximum Gasteiger partial charge on any atom is 0.319 e. The van der Waals surface area contributed by atoms with Gasteiger partial charge in [0.1, 0.15) is 6.33 Å². The highest BCUT2D eigenvalue weighted by Gasteiger charge is 2.14. The minimum Gasteiger partial charge on any atom is -0.328 e. The van der Waals surface area contributed by atoms with E-state index in [0.717, 1.165) is 0 Å². The van der Waals surface area contributed by atoms with Gasteiger partial charge in [-0.1, -0.05) is 0 Å². The highest BCUT2D eigenvalue weighted by Crippen LogP contribution is 2.15. The fourth-order valence-electron chi connectivity index (χ4n) is 1.78. The number of carbonyl (C=O) groups excluding carboxylic acids is 1. The number of urea groups is 1. The minimum atomic E-state index is -0.500. The first-order chi connectivity index (χ1) is 9.97. The molecule has 0 aliphatic heterocycles. The molecule has 0 saturated carbocycles. The van der Waals surface area contributed by atoms with Crippen molar-refractivity contribution in [3.8, 4) is 0 Å². The Hall–Kier alpha value is -2.97. The van der Waals surface area contributed by atoms with Gasteiger partial charge in [-0.15, -0.1) is 10.2 Å². The molecule has 1 heterocycles. The fraction of sp³-hybridized carbons (Fsp3) is 0.250. The summed E-state index contributed by atoms with van der Waals surface area (Å²) in [6.07, 6.45) is 1.54. The number of anilines is 1. The van der Waals surface area contributed by atoms with Crippen LogP contribution in [0.3, 0.4) is 0 Å². The predicted octanol–water partition coefficient (Wildman–Crippen LogP) is 1.61. The van der Waals surface area contributed by atoms with E-state index in [4.69, 9.17) is 0 Å². The van der Waals surface area contributed by atoms with Gasteiger partial charge < -0.3 is 15.2 Å². The Bertz CT molecular complexity index is 651. The van der Waals surface area contributed by atoms with Crippen molar-refractivity contribution in [1.29, 1.82) is 0 Å².